The minimum absolute atomic E-state index is 0.198. The molecule has 0 atom stereocenters. The molecule has 2 aromatic carbocycles. The summed E-state index contributed by atoms with van der Waals surface area (Å²) in [6.45, 7) is 0.489. The van der Waals surface area contributed by atoms with Crippen LogP contribution in [0.3, 0.4) is 0 Å². The fourth-order valence-electron chi connectivity index (χ4n) is 1.70. The molecule has 0 radical (unpaired) electrons. The molecule has 0 aliphatic rings. The summed E-state index contributed by atoms with van der Waals surface area (Å²) in [7, 11) is -2.08. The van der Waals surface area contributed by atoms with E-state index in [4.69, 9.17) is 0 Å². The maximum Gasteiger partial charge on any atom is 0.240 e. The third-order valence-corrected chi connectivity index (χ3v) is 4.23. The molecule has 106 valence electrons. The van der Waals surface area contributed by atoms with E-state index >= 15 is 0 Å². The highest BCUT2D eigenvalue weighted by molar-refractivity contribution is 7.89. The van der Waals surface area contributed by atoms with Crippen LogP contribution in [-0.4, -0.2) is 15.5 Å². The number of hydrogen-bond acceptors (Lipinski definition) is 3. The Morgan fingerprint density at radius 1 is 1.10 bits per heavy atom. The fraction of sp³-hybridized carbons (Fsp3) is 0.143. The number of halogens is 1. The van der Waals surface area contributed by atoms with E-state index in [2.05, 4.69) is 10.0 Å². The van der Waals surface area contributed by atoms with E-state index < -0.39 is 10.0 Å². The molecule has 20 heavy (non-hydrogen) atoms. The lowest BCUT2D eigenvalue weighted by Gasteiger charge is -2.09. The summed E-state index contributed by atoms with van der Waals surface area (Å²) in [4.78, 5) is 0.198. The Labute approximate surface area is 117 Å². The highest BCUT2D eigenvalue weighted by atomic mass is 32.2. The Morgan fingerprint density at radius 2 is 1.80 bits per heavy atom. The average molecular weight is 294 g/mol. The summed E-state index contributed by atoms with van der Waals surface area (Å²) in [5.41, 5.74) is 1.60. The predicted octanol–water partition coefficient (Wildman–Crippen LogP) is 2.35. The van der Waals surface area contributed by atoms with Crippen LogP contribution in [0.15, 0.2) is 53.4 Å². The first-order valence-corrected chi connectivity index (χ1v) is 7.51. The van der Waals surface area contributed by atoms with Crippen LogP contribution in [0.2, 0.25) is 0 Å². The first-order chi connectivity index (χ1) is 9.51. The Balaban J connectivity index is 2.11. The lowest BCUT2D eigenvalue weighted by Crippen LogP contribution is -2.18. The molecule has 2 aromatic rings. The van der Waals surface area contributed by atoms with E-state index in [1.54, 1.807) is 30.3 Å². The van der Waals surface area contributed by atoms with Crippen molar-refractivity contribution in [3.63, 3.8) is 0 Å². The molecule has 0 aliphatic carbocycles. The SMILES string of the molecule is CNS(=O)(=O)c1cccc(NCc2ccc(F)cc2)c1. The molecule has 0 heterocycles. The topological polar surface area (TPSA) is 58.2 Å². The largest absolute Gasteiger partial charge is 0.381 e. The van der Waals surface area contributed by atoms with Gasteiger partial charge in [-0.25, -0.2) is 17.5 Å². The van der Waals surface area contributed by atoms with Crippen molar-refractivity contribution in [1.82, 2.24) is 4.72 Å². The monoisotopic (exact) mass is 294 g/mol. The molecule has 0 aromatic heterocycles. The van der Waals surface area contributed by atoms with Crippen molar-refractivity contribution in [3.05, 3.63) is 59.9 Å². The summed E-state index contributed by atoms with van der Waals surface area (Å²) in [6, 6.07) is 12.6. The van der Waals surface area contributed by atoms with Crippen molar-refractivity contribution in [2.45, 2.75) is 11.4 Å². The molecule has 0 amide bonds. The summed E-state index contributed by atoms with van der Waals surface area (Å²) in [6.07, 6.45) is 0. The van der Waals surface area contributed by atoms with E-state index in [0.29, 0.717) is 12.2 Å². The maximum atomic E-state index is 12.8. The zero-order valence-corrected chi connectivity index (χ0v) is 11.7. The number of benzene rings is 2. The van der Waals surface area contributed by atoms with Crippen LogP contribution in [0.25, 0.3) is 0 Å². The van der Waals surface area contributed by atoms with Crippen LogP contribution >= 0.6 is 0 Å². The first-order valence-electron chi connectivity index (χ1n) is 6.03. The Morgan fingerprint density at radius 3 is 2.45 bits per heavy atom. The second-order valence-corrected chi connectivity index (χ2v) is 6.10. The van der Waals surface area contributed by atoms with Crippen molar-refractivity contribution < 1.29 is 12.8 Å². The standard InChI is InChI=1S/C14H15FN2O2S/c1-16-20(18,19)14-4-2-3-13(9-14)17-10-11-5-7-12(15)8-6-11/h2-9,16-17H,10H2,1H3. The Hall–Kier alpha value is -1.92. The lowest BCUT2D eigenvalue weighted by molar-refractivity contribution is 0.588. The highest BCUT2D eigenvalue weighted by Gasteiger charge is 2.11. The van der Waals surface area contributed by atoms with Gasteiger partial charge in [-0.1, -0.05) is 18.2 Å². The van der Waals surface area contributed by atoms with Gasteiger partial charge in [0.25, 0.3) is 0 Å². The van der Waals surface area contributed by atoms with Gasteiger partial charge in [-0.3, -0.25) is 0 Å². The molecule has 0 saturated heterocycles. The van der Waals surface area contributed by atoms with Gasteiger partial charge < -0.3 is 5.32 Å². The van der Waals surface area contributed by atoms with Gasteiger partial charge in [0.2, 0.25) is 10.0 Å². The van der Waals surface area contributed by atoms with Crippen LogP contribution in [0, 0.1) is 5.82 Å². The van der Waals surface area contributed by atoms with Gasteiger partial charge in [-0.2, -0.15) is 0 Å². The Kier molecular flexibility index (Phi) is 4.36. The summed E-state index contributed by atoms with van der Waals surface area (Å²) in [5.74, 6) is -0.282. The average Bonchev–Trinajstić information content (AvgIpc) is 2.47. The molecule has 0 bridgehead atoms. The molecule has 2 rings (SSSR count). The van der Waals surface area contributed by atoms with Crippen molar-refractivity contribution >= 4 is 15.7 Å². The summed E-state index contributed by atoms with van der Waals surface area (Å²) in [5, 5.41) is 3.10. The number of anilines is 1. The Bertz CT molecular complexity index is 685. The zero-order chi connectivity index (χ0) is 14.6. The van der Waals surface area contributed by atoms with Gasteiger partial charge in [0.1, 0.15) is 5.82 Å². The van der Waals surface area contributed by atoms with Crippen LogP contribution in [0.1, 0.15) is 5.56 Å². The third kappa shape index (κ3) is 3.55. The lowest BCUT2D eigenvalue weighted by atomic mass is 10.2. The minimum Gasteiger partial charge on any atom is -0.381 e. The molecular weight excluding hydrogens is 279 g/mol. The second-order valence-electron chi connectivity index (χ2n) is 4.22. The second kappa shape index (κ2) is 6.02. The van der Waals surface area contributed by atoms with Crippen LogP contribution in [0.5, 0.6) is 0 Å². The van der Waals surface area contributed by atoms with Crippen LogP contribution < -0.4 is 10.0 Å². The molecule has 0 spiro atoms. The molecule has 4 nitrogen and oxygen atoms in total. The van der Waals surface area contributed by atoms with Gasteiger partial charge in [0.05, 0.1) is 4.90 Å². The number of rotatable bonds is 5. The molecule has 0 aliphatic heterocycles. The van der Waals surface area contributed by atoms with Gasteiger partial charge in [-0.05, 0) is 42.9 Å². The maximum absolute atomic E-state index is 12.8. The van der Waals surface area contributed by atoms with Gasteiger partial charge >= 0.3 is 0 Å². The van der Waals surface area contributed by atoms with Crippen molar-refractivity contribution in [2.24, 2.45) is 0 Å². The van der Waals surface area contributed by atoms with Crippen molar-refractivity contribution in [1.29, 1.82) is 0 Å². The number of sulfonamides is 1. The van der Waals surface area contributed by atoms with Crippen LogP contribution in [0.4, 0.5) is 10.1 Å². The van der Waals surface area contributed by atoms with E-state index in [0.717, 1.165) is 5.56 Å². The minimum atomic E-state index is -3.45. The van der Waals surface area contributed by atoms with E-state index in [1.165, 1.54) is 25.2 Å². The molecule has 0 fully saturated rings. The van der Waals surface area contributed by atoms with E-state index in [-0.39, 0.29) is 10.7 Å². The molecule has 2 N–H and O–H groups in total. The van der Waals surface area contributed by atoms with E-state index in [9.17, 15) is 12.8 Å². The normalized spacial score (nSPS) is 11.3. The van der Waals surface area contributed by atoms with Gasteiger partial charge in [0.15, 0.2) is 0 Å². The van der Waals surface area contributed by atoms with E-state index in [1.807, 2.05) is 0 Å². The van der Waals surface area contributed by atoms with Crippen molar-refractivity contribution in [2.75, 3.05) is 12.4 Å². The summed E-state index contributed by atoms with van der Waals surface area (Å²) >= 11 is 0. The molecule has 6 heteroatoms. The molecule has 0 saturated carbocycles. The van der Waals surface area contributed by atoms with Crippen molar-refractivity contribution in [3.8, 4) is 0 Å². The predicted molar refractivity (Wildman–Crippen MR) is 76.4 cm³/mol. The first kappa shape index (κ1) is 14.5. The third-order valence-electron chi connectivity index (χ3n) is 2.82. The fourth-order valence-corrected chi connectivity index (χ4v) is 2.47. The number of hydrogen-bond donors (Lipinski definition) is 2. The highest BCUT2D eigenvalue weighted by Crippen LogP contribution is 2.16. The molecular formula is C14H15FN2O2S. The smallest absolute Gasteiger partial charge is 0.240 e. The van der Waals surface area contributed by atoms with Gasteiger partial charge in [0, 0.05) is 12.2 Å². The van der Waals surface area contributed by atoms with Gasteiger partial charge in [-0.15, -0.1) is 0 Å². The molecule has 0 unspecified atom stereocenters. The summed E-state index contributed by atoms with van der Waals surface area (Å²) < 4.78 is 38.4. The zero-order valence-electron chi connectivity index (χ0n) is 10.9. The number of nitrogens with one attached hydrogen (secondary N) is 2. The quantitative estimate of drug-likeness (QED) is 0.890. The van der Waals surface area contributed by atoms with Crippen LogP contribution in [-0.2, 0) is 16.6 Å².